The molecule has 0 bridgehead atoms. The maximum absolute atomic E-state index is 9.63. The number of nitrogens with zero attached hydrogens (tertiary/aromatic N) is 3. The number of aliphatic hydroxyl groups excluding tert-OH is 1. The van der Waals surface area contributed by atoms with Crippen molar-refractivity contribution in [3.63, 3.8) is 0 Å². The van der Waals surface area contributed by atoms with Crippen LogP contribution in [0.5, 0.6) is 0 Å². The molecule has 6 nitrogen and oxygen atoms in total. The van der Waals surface area contributed by atoms with Gasteiger partial charge in [-0.2, -0.15) is 0 Å². The Labute approximate surface area is 153 Å². The van der Waals surface area contributed by atoms with E-state index < -0.39 is 0 Å². The third-order valence-electron chi connectivity index (χ3n) is 4.93. The highest BCUT2D eigenvalue weighted by atomic mass is 35.5. The molecule has 2 fully saturated rings. The first-order valence-corrected chi connectivity index (χ1v) is 9.33. The SMILES string of the molecule is C=N/C(=C(/CC1CC1)NC)c1nc(N[C@H]2CC[C@H](O)CC2)ncc1Cl. The Morgan fingerprint density at radius 3 is 2.64 bits per heavy atom. The van der Waals surface area contributed by atoms with Crippen molar-refractivity contribution in [1.82, 2.24) is 15.3 Å². The summed E-state index contributed by atoms with van der Waals surface area (Å²) in [5, 5.41) is 16.7. The average molecular weight is 364 g/mol. The van der Waals surface area contributed by atoms with Crippen LogP contribution in [0.2, 0.25) is 5.02 Å². The Bertz CT molecular complexity index is 651. The standard InChI is InChI=1S/C18H26ClN5O/c1-20-15(9-11-3-4-11)17(21-2)16-14(19)10-22-18(24-16)23-12-5-7-13(25)8-6-12/h10-13,20,25H,2-9H2,1H3,(H,22,23,24)/b17-15-/t12-,13-. The van der Waals surface area contributed by atoms with E-state index in [1.54, 1.807) is 6.20 Å². The molecule has 0 atom stereocenters. The lowest BCUT2D eigenvalue weighted by molar-refractivity contribution is 0.126. The fraction of sp³-hybridized carbons (Fsp3) is 0.611. The molecule has 0 saturated heterocycles. The molecule has 0 aliphatic heterocycles. The largest absolute Gasteiger partial charge is 0.393 e. The van der Waals surface area contributed by atoms with Crippen molar-refractivity contribution in [1.29, 1.82) is 0 Å². The molecular weight excluding hydrogens is 338 g/mol. The molecule has 1 aromatic rings. The summed E-state index contributed by atoms with van der Waals surface area (Å²) in [6, 6.07) is 0.275. The van der Waals surface area contributed by atoms with E-state index in [2.05, 4.69) is 32.3 Å². The molecule has 25 heavy (non-hydrogen) atoms. The van der Waals surface area contributed by atoms with Gasteiger partial charge in [0.2, 0.25) is 5.95 Å². The van der Waals surface area contributed by atoms with Gasteiger partial charge in [-0.05, 0) is 57.6 Å². The molecule has 2 aliphatic rings. The minimum Gasteiger partial charge on any atom is -0.393 e. The Hall–Kier alpha value is -1.66. The van der Waals surface area contributed by atoms with Gasteiger partial charge in [-0.15, -0.1) is 0 Å². The number of allylic oxidation sites excluding steroid dienone is 1. The van der Waals surface area contributed by atoms with E-state index in [1.165, 1.54) is 12.8 Å². The molecule has 0 unspecified atom stereocenters. The van der Waals surface area contributed by atoms with E-state index in [1.807, 2.05) is 7.05 Å². The van der Waals surface area contributed by atoms with Gasteiger partial charge in [-0.1, -0.05) is 11.6 Å². The summed E-state index contributed by atoms with van der Waals surface area (Å²) >= 11 is 6.35. The van der Waals surface area contributed by atoms with Gasteiger partial charge >= 0.3 is 0 Å². The zero-order valence-corrected chi connectivity index (χ0v) is 15.4. The summed E-state index contributed by atoms with van der Waals surface area (Å²) in [5.41, 5.74) is 2.32. The number of rotatable bonds is 7. The maximum Gasteiger partial charge on any atom is 0.223 e. The van der Waals surface area contributed by atoms with Gasteiger partial charge in [-0.25, -0.2) is 9.97 Å². The Kier molecular flexibility index (Phi) is 5.91. The van der Waals surface area contributed by atoms with Crippen LogP contribution in [-0.2, 0) is 0 Å². The van der Waals surface area contributed by atoms with Crippen molar-refractivity contribution < 1.29 is 5.11 Å². The van der Waals surface area contributed by atoms with Crippen LogP contribution in [0, 0.1) is 5.92 Å². The molecule has 7 heteroatoms. The summed E-state index contributed by atoms with van der Waals surface area (Å²) in [5.74, 6) is 1.26. The minimum atomic E-state index is -0.181. The van der Waals surface area contributed by atoms with Crippen LogP contribution >= 0.6 is 11.6 Å². The number of aromatic nitrogens is 2. The van der Waals surface area contributed by atoms with Crippen LogP contribution in [0.25, 0.3) is 5.70 Å². The summed E-state index contributed by atoms with van der Waals surface area (Å²) in [6.07, 6.45) is 8.32. The zero-order chi connectivity index (χ0) is 17.8. The second-order valence-corrected chi connectivity index (χ2v) is 7.33. The number of hydrogen-bond acceptors (Lipinski definition) is 6. The number of aliphatic imine (C=N–C) groups is 1. The average Bonchev–Trinajstić information content (AvgIpc) is 3.43. The highest BCUT2D eigenvalue weighted by Gasteiger charge is 2.25. The predicted octanol–water partition coefficient (Wildman–Crippen LogP) is 3.23. The van der Waals surface area contributed by atoms with Crippen molar-refractivity contribution in [3.8, 4) is 0 Å². The van der Waals surface area contributed by atoms with Gasteiger partial charge in [0.1, 0.15) is 11.4 Å². The van der Waals surface area contributed by atoms with Crippen LogP contribution < -0.4 is 10.6 Å². The highest BCUT2D eigenvalue weighted by Crippen LogP contribution is 2.37. The van der Waals surface area contributed by atoms with Gasteiger partial charge < -0.3 is 15.7 Å². The van der Waals surface area contributed by atoms with Gasteiger partial charge in [0.15, 0.2) is 0 Å². The fourth-order valence-corrected chi connectivity index (χ4v) is 3.43. The molecule has 1 aromatic heterocycles. The van der Waals surface area contributed by atoms with E-state index in [-0.39, 0.29) is 12.1 Å². The fourth-order valence-electron chi connectivity index (χ4n) is 3.25. The quantitative estimate of drug-likeness (QED) is 0.648. The predicted molar refractivity (Wildman–Crippen MR) is 102 cm³/mol. The summed E-state index contributed by atoms with van der Waals surface area (Å²) < 4.78 is 0. The monoisotopic (exact) mass is 363 g/mol. The lowest BCUT2D eigenvalue weighted by atomic mass is 9.93. The summed E-state index contributed by atoms with van der Waals surface area (Å²) in [7, 11) is 1.89. The third-order valence-corrected chi connectivity index (χ3v) is 5.21. The molecular formula is C18H26ClN5O. The van der Waals surface area contributed by atoms with Crippen LogP contribution in [0.4, 0.5) is 5.95 Å². The van der Waals surface area contributed by atoms with Crippen molar-refractivity contribution in [2.75, 3.05) is 12.4 Å². The van der Waals surface area contributed by atoms with Gasteiger partial charge in [0.05, 0.1) is 17.3 Å². The van der Waals surface area contributed by atoms with Gasteiger partial charge in [0, 0.05) is 18.8 Å². The molecule has 0 aromatic carbocycles. The molecule has 2 aliphatic carbocycles. The van der Waals surface area contributed by atoms with Crippen LogP contribution in [0.15, 0.2) is 16.9 Å². The van der Waals surface area contributed by atoms with Crippen LogP contribution in [0.1, 0.15) is 50.6 Å². The van der Waals surface area contributed by atoms with E-state index in [9.17, 15) is 5.11 Å². The van der Waals surface area contributed by atoms with E-state index in [0.29, 0.717) is 28.3 Å². The molecule has 2 saturated carbocycles. The lowest BCUT2D eigenvalue weighted by Crippen LogP contribution is -2.29. The Morgan fingerprint density at radius 1 is 1.32 bits per heavy atom. The molecule has 3 N–H and O–H groups in total. The summed E-state index contributed by atoms with van der Waals surface area (Å²) in [4.78, 5) is 13.1. The second kappa shape index (κ2) is 8.15. The smallest absolute Gasteiger partial charge is 0.223 e. The zero-order valence-electron chi connectivity index (χ0n) is 14.6. The molecule has 3 rings (SSSR count). The number of halogens is 1. The first-order chi connectivity index (χ1) is 12.1. The summed E-state index contributed by atoms with van der Waals surface area (Å²) in [6.45, 7) is 3.71. The normalized spacial score (nSPS) is 24.4. The van der Waals surface area contributed by atoms with Crippen LogP contribution in [-0.4, -0.2) is 41.0 Å². The minimum absolute atomic E-state index is 0.181. The molecule has 0 amide bonds. The third kappa shape index (κ3) is 4.70. The van der Waals surface area contributed by atoms with Crippen molar-refractivity contribution >= 4 is 30.0 Å². The Morgan fingerprint density at radius 2 is 2.04 bits per heavy atom. The van der Waals surface area contributed by atoms with Gasteiger partial charge in [0.25, 0.3) is 0 Å². The van der Waals surface area contributed by atoms with Gasteiger partial charge in [-0.3, -0.25) is 4.99 Å². The first-order valence-electron chi connectivity index (χ1n) is 8.95. The topological polar surface area (TPSA) is 82.4 Å². The Balaban J connectivity index is 1.82. The molecule has 1 heterocycles. The highest BCUT2D eigenvalue weighted by molar-refractivity contribution is 6.32. The first kappa shape index (κ1) is 18.1. The maximum atomic E-state index is 9.63. The van der Waals surface area contributed by atoms with Crippen LogP contribution in [0.3, 0.4) is 0 Å². The van der Waals surface area contributed by atoms with Crippen molar-refractivity contribution in [2.24, 2.45) is 10.9 Å². The number of aliphatic hydroxyl groups is 1. The van der Waals surface area contributed by atoms with E-state index in [0.717, 1.165) is 37.8 Å². The molecule has 0 spiro atoms. The molecule has 0 radical (unpaired) electrons. The second-order valence-electron chi connectivity index (χ2n) is 6.92. The van der Waals surface area contributed by atoms with E-state index in [4.69, 9.17) is 11.6 Å². The van der Waals surface area contributed by atoms with Crippen molar-refractivity contribution in [3.05, 3.63) is 22.6 Å². The van der Waals surface area contributed by atoms with E-state index >= 15 is 0 Å². The number of anilines is 1. The number of hydrogen-bond donors (Lipinski definition) is 3. The van der Waals surface area contributed by atoms with Crippen molar-refractivity contribution in [2.45, 2.75) is 57.1 Å². The molecule has 136 valence electrons. The number of nitrogens with one attached hydrogen (secondary N) is 2. The lowest BCUT2D eigenvalue weighted by Gasteiger charge is -2.26.